The van der Waals surface area contributed by atoms with Crippen molar-refractivity contribution in [1.29, 1.82) is 0 Å². The van der Waals surface area contributed by atoms with Gasteiger partial charge in [0.1, 0.15) is 5.69 Å². The minimum atomic E-state index is -4.52. The van der Waals surface area contributed by atoms with E-state index in [9.17, 15) is 18.0 Å². The summed E-state index contributed by atoms with van der Waals surface area (Å²) in [4.78, 5) is 20.0. The number of halogens is 4. The molecule has 0 N–H and O–H groups in total. The van der Waals surface area contributed by atoms with Crippen LogP contribution in [0.5, 0.6) is 0 Å². The Hall–Kier alpha value is -3.20. The summed E-state index contributed by atoms with van der Waals surface area (Å²) in [5.74, 6) is 0. The SMILES string of the molecule is O=c1n(Cc2ccc(C(F)(F)F)nc2)nc2c(-c3ccncc3)c(Cl)ccn12. The summed E-state index contributed by atoms with van der Waals surface area (Å²) in [6.45, 7) is -0.0287. The van der Waals surface area contributed by atoms with Gasteiger partial charge in [-0.15, -0.1) is 5.10 Å². The highest BCUT2D eigenvalue weighted by Gasteiger charge is 2.32. The van der Waals surface area contributed by atoms with Crippen LogP contribution >= 0.6 is 11.6 Å². The molecule has 4 aromatic rings. The lowest BCUT2D eigenvalue weighted by molar-refractivity contribution is -0.141. The van der Waals surface area contributed by atoms with Crippen LogP contribution in [0.3, 0.4) is 0 Å². The van der Waals surface area contributed by atoms with E-state index < -0.39 is 17.6 Å². The van der Waals surface area contributed by atoms with Gasteiger partial charge in [0.2, 0.25) is 0 Å². The van der Waals surface area contributed by atoms with E-state index in [1.807, 2.05) is 0 Å². The molecule has 0 aliphatic heterocycles. The van der Waals surface area contributed by atoms with Crippen LogP contribution in [-0.2, 0) is 12.7 Å². The number of rotatable bonds is 3. The molecule has 28 heavy (non-hydrogen) atoms. The lowest BCUT2D eigenvalue weighted by Gasteiger charge is -2.06. The molecule has 0 saturated heterocycles. The van der Waals surface area contributed by atoms with Crippen LogP contribution in [0.1, 0.15) is 11.3 Å². The summed E-state index contributed by atoms with van der Waals surface area (Å²) < 4.78 is 40.4. The maximum atomic E-state index is 12.7. The molecule has 0 unspecified atom stereocenters. The largest absolute Gasteiger partial charge is 0.433 e. The quantitative estimate of drug-likeness (QED) is 0.521. The molecular weight excluding hydrogens is 395 g/mol. The van der Waals surface area contributed by atoms with Crippen molar-refractivity contribution in [3.05, 3.63) is 81.9 Å². The summed E-state index contributed by atoms with van der Waals surface area (Å²) in [6.07, 6.45) is 1.25. The molecule has 6 nitrogen and oxygen atoms in total. The Balaban J connectivity index is 1.77. The first-order valence-electron chi connectivity index (χ1n) is 8.05. The van der Waals surface area contributed by atoms with Gasteiger partial charge in [0.15, 0.2) is 5.65 Å². The van der Waals surface area contributed by atoms with Crippen molar-refractivity contribution in [2.75, 3.05) is 0 Å². The first-order valence-corrected chi connectivity index (χ1v) is 8.42. The van der Waals surface area contributed by atoms with E-state index in [1.54, 1.807) is 30.6 Å². The first-order chi connectivity index (χ1) is 13.3. The van der Waals surface area contributed by atoms with Gasteiger partial charge in [-0.05, 0) is 35.4 Å². The fourth-order valence-corrected chi connectivity index (χ4v) is 3.05. The molecule has 10 heteroatoms. The molecule has 0 aliphatic carbocycles. The Morgan fingerprint density at radius 3 is 2.46 bits per heavy atom. The van der Waals surface area contributed by atoms with E-state index in [2.05, 4.69) is 15.1 Å². The maximum absolute atomic E-state index is 12.7. The number of pyridine rings is 3. The number of aromatic nitrogens is 5. The van der Waals surface area contributed by atoms with Gasteiger partial charge < -0.3 is 0 Å². The van der Waals surface area contributed by atoms with E-state index >= 15 is 0 Å². The normalized spacial score (nSPS) is 11.9. The van der Waals surface area contributed by atoms with Gasteiger partial charge in [-0.3, -0.25) is 9.97 Å². The fraction of sp³-hybridized carbons (Fsp3) is 0.111. The molecule has 0 amide bonds. The first kappa shape index (κ1) is 18.2. The molecule has 4 aromatic heterocycles. The zero-order valence-electron chi connectivity index (χ0n) is 14.1. The van der Waals surface area contributed by atoms with E-state index in [-0.39, 0.29) is 6.54 Å². The average Bonchev–Trinajstić information content (AvgIpc) is 2.97. The van der Waals surface area contributed by atoms with Gasteiger partial charge in [-0.2, -0.15) is 13.2 Å². The molecule has 0 saturated carbocycles. The maximum Gasteiger partial charge on any atom is 0.433 e. The summed E-state index contributed by atoms with van der Waals surface area (Å²) in [7, 11) is 0. The van der Waals surface area contributed by atoms with Gasteiger partial charge in [0, 0.05) is 30.4 Å². The Labute approximate surface area is 160 Å². The van der Waals surface area contributed by atoms with Crippen molar-refractivity contribution in [1.82, 2.24) is 24.1 Å². The fourth-order valence-electron chi connectivity index (χ4n) is 2.80. The van der Waals surface area contributed by atoms with Crippen molar-refractivity contribution >= 4 is 17.2 Å². The number of hydrogen-bond acceptors (Lipinski definition) is 4. The second-order valence-electron chi connectivity index (χ2n) is 5.96. The molecule has 0 bridgehead atoms. The number of fused-ring (bicyclic) bond motifs is 1. The minimum absolute atomic E-state index is 0.0287. The molecule has 0 atom stereocenters. The van der Waals surface area contributed by atoms with Crippen LogP contribution in [0.2, 0.25) is 5.02 Å². The molecule has 0 radical (unpaired) electrons. The molecule has 4 heterocycles. The van der Waals surface area contributed by atoms with Crippen LogP contribution in [-0.4, -0.2) is 24.1 Å². The van der Waals surface area contributed by atoms with E-state index in [0.29, 0.717) is 21.8 Å². The number of hydrogen-bond donors (Lipinski definition) is 0. The Morgan fingerprint density at radius 1 is 1.07 bits per heavy atom. The lowest BCUT2D eigenvalue weighted by atomic mass is 10.1. The smallest absolute Gasteiger partial charge is 0.265 e. The number of nitrogens with zero attached hydrogens (tertiary/aromatic N) is 5. The molecule has 142 valence electrons. The summed E-state index contributed by atoms with van der Waals surface area (Å²) in [6, 6.07) is 7.20. The second-order valence-corrected chi connectivity index (χ2v) is 6.37. The van der Waals surface area contributed by atoms with Crippen molar-refractivity contribution in [3.8, 4) is 11.1 Å². The van der Waals surface area contributed by atoms with Crippen LogP contribution in [0, 0.1) is 0 Å². The third-order valence-corrected chi connectivity index (χ3v) is 4.43. The summed E-state index contributed by atoms with van der Waals surface area (Å²) >= 11 is 6.32. The molecular formula is C18H11ClF3N5O. The van der Waals surface area contributed by atoms with Crippen LogP contribution in [0.15, 0.2) is 59.9 Å². The topological polar surface area (TPSA) is 65.1 Å². The van der Waals surface area contributed by atoms with Crippen LogP contribution in [0.25, 0.3) is 16.8 Å². The zero-order valence-corrected chi connectivity index (χ0v) is 14.8. The predicted molar refractivity (Wildman–Crippen MR) is 96.0 cm³/mol. The zero-order chi connectivity index (χ0) is 19.9. The van der Waals surface area contributed by atoms with Gasteiger partial charge in [0.05, 0.1) is 11.6 Å². The van der Waals surface area contributed by atoms with Gasteiger partial charge in [-0.1, -0.05) is 17.7 Å². The predicted octanol–water partition coefficient (Wildman–Crippen LogP) is 3.67. The summed E-state index contributed by atoms with van der Waals surface area (Å²) in [5, 5.41) is 4.74. The van der Waals surface area contributed by atoms with E-state index in [0.717, 1.165) is 22.5 Å². The van der Waals surface area contributed by atoms with Crippen molar-refractivity contribution < 1.29 is 13.2 Å². The van der Waals surface area contributed by atoms with Crippen LogP contribution in [0.4, 0.5) is 13.2 Å². The molecule has 0 aliphatic rings. The third-order valence-electron chi connectivity index (χ3n) is 4.12. The summed E-state index contributed by atoms with van der Waals surface area (Å²) in [5.41, 5.74) is 0.609. The minimum Gasteiger partial charge on any atom is -0.265 e. The van der Waals surface area contributed by atoms with Gasteiger partial charge in [0.25, 0.3) is 0 Å². The molecule has 0 fully saturated rings. The third kappa shape index (κ3) is 3.24. The Kier molecular flexibility index (Phi) is 4.38. The molecule has 4 rings (SSSR count). The van der Waals surface area contributed by atoms with Gasteiger partial charge >= 0.3 is 11.9 Å². The van der Waals surface area contributed by atoms with E-state index in [1.165, 1.54) is 16.7 Å². The van der Waals surface area contributed by atoms with Gasteiger partial charge in [-0.25, -0.2) is 13.9 Å². The highest BCUT2D eigenvalue weighted by atomic mass is 35.5. The molecule has 0 aromatic carbocycles. The monoisotopic (exact) mass is 405 g/mol. The second kappa shape index (κ2) is 6.75. The van der Waals surface area contributed by atoms with Crippen LogP contribution < -0.4 is 5.69 Å². The average molecular weight is 406 g/mol. The Morgan fingerprint density at radius 2 is 1.82 bits per heavy atom. The number of alkyl halides is 3. The van der Waals surface area contributed by atoms with Crippen molar-refractivity contribution in [2.45, 2.75) is 12.7 Å². The van der Waals surface area contributed by atoms with Crippen molar-refractivity contribution in [3.63, 3.8) is 0 Å². The van der Waals surface area contributed by atoms with E-state index in [4.69, 9.17) is 11.6 Å². The standard InChI is InChI=1S/C18H11ClF3N5O/c19-13-5-8-26-16(15(13)12-3-6-23-7-4-12)25-27(17(26)28)10-11-1-2-14(24-9-11)18(20,21)22/h1-9H,10H2. The Bertz CT molecular complexity index is 1200. The highest BCUT2D eigenvalue weighted by molar-refractivity contribution is 6.34. The lowest BCUT2D eigenvalue weighted by Crippen LogP contribution is -2.21. The van der Waals surface area contributed by atoms with Crippen molar-refractivity contribution in [2.24, 2.45) is 0 Å². The molecule has 0 spiro atoms. The highest BCUT2D eigenvalue weighted by Crippen LogP contribution is 2.30.